The Morgan fingerprint density at radius 3 is 2.67 bits per heavy atom. The number of carbonyl (C=O) groups excluding carboxylic acids is 2. The Balaban J connectivity index is 1.86. The first-order valence-electron chi connectivity index (χ1n) is 10.1. The fraction of sp³-hybridized carbons (Fsp3) is 0.217. The Kier molecular flexibility index (Phi) is 5.50. The van der Waals surface area contributed by atoms with E-state index in [0.29, 0.717) is 23.1 Å². The predicted octanol–water partition coefficient (Wildman–Crippen LogP) is 4.04. The van der Waals surface area contributed by atoms with Gasteiger partial charge in [-0.3, -0.25) is 19.7 Å². The number of hydrogen-bond donors (Lipinski definition) is 2. The minimum Gasteiger partial charge on any atom is -0.503 e. The molecule has 1 unspecified atom stereocenters. The van der Waals surface area contributed by atoms with Crippen molar-refractivity contribution in [2.24, 2.45) is 0 Å². The van der Waals surface area contributed by atoms with Gasteiger partial charge in [-0.15, -0.1) is 0 Å². The first-order chi connectivity index (χ1) is 15.8. The van der Waals surface area contributed by atoms with E-state index in [0.717, 1.165) is 12.1 Å². The molecule has 1 aliphatic rings. The van der Waals surface area contributed by atoms with E-state index in [1.54, 1.807) is 18.2 Å². The van der Waals surface area contributed by atoms with Crippen molar-refractivity contribution in [2.75, 3.05) is 13.7 Å². The maximum Gasteiger partial charge on any atom is 0.311 e. The quantitative estimate of drug-likeness (QED) is 0.310. The lowest BCUT2D eigenvalue weighted by molar-refractivity contribution is -0.385. The van der Waals surface area contributed by atoms with E-state index in [9.17, 15) is 29.9 Å². The summed E-state index contributed by atoms with van der Waals surface area (Å²) >= 11 is 0. The number of nitro groups is 1. The Hall–Kier alpha value is -4.34. The number of phenolic OH excluding ortho intramolecular Hbond substituents is 1. The number of rotatable bonds is 7. The number of para-hydroxylation sites is 1. The summed E-state index contributed by atoms with van der Waals surface area (Å²) in [7, 11) is 1.46. The minimum atomic E-state index is -1.10. The molecule has 170 valence electrons. The zero-order valence-corrected chi connectivity index (χ0v) is 17.8. The summed E-state index contributed by atoms with van der Waals surface area (Å²) in [4.78, 5) is 38.1. The summed E-state index contributed by atoms with van der Waals surface area (Å²) in [5.74, 6) is -2.53. The van der Waals surface area contributed by atoms with Crippen molar-refractivity contribution in [1.29, 1.82) is 0 Å². The predicted molar refractivity (Wildman–Crippen MR) is 116 cm³/mol. The van der Waals surface area contributed by atoms with E-state index in [1.165, 1.54) is 24.1 Å². The summed E-state index contributed by atoms with van der Waals surface area (Å²) in [5, 5.41) is 32.4. The number of benzene rings is 2. The Bertz CT molecular complexity index is 1320. The molecule has 10 heteroatoms. The molecule has 0 radical (unpaired) electrons. The van der Waals surface area contributed by atoms with Gasteiger partial charge in [0.2, 0.25) is 5.78 Å². The lowest BCUT2D eigenvalue weighted by atomic mass is 9.94. The van der Waals surface area contributed by atoms with Crippen molar-refractivity contribution >= 4 is 28.3 Å². The van der Waals surface area contributed by atoms with Gasteiger partial charge in [-0.05, 0) is 30.2 Å². The smallest absolute Gasteiger partial charge is 0.311 e. The van der Waals surface area contributed by atoms with Crippen LogP contribution < -0.4 is 4.74 Å². The summed E-state index contributed by atoms with van der Waals surface area (Å²) in [6.07, 6.45) is 0.513. The molecule has 33 heavy (non-hydrogen) atoms. The second-order valence-electron chi connectivity index (χ2n) is 7.49. The molecular weight excluding hydrogens is 432 g/mol. The number of phenols is 1. The largest absolute Gasteiger partial charge is 0.503 e. The highest BCUT2D eigenvalue weighted by atomic mass is 16.6. The topological polar surface area (TPSA) is 143 Å². The number of nitro benzene ring substituents is 1. The van der Waals surface area contributed by atoms with Crippen molar-refractivity contribution < 1.29 is 33.9 Å². The average molecular weight is 452 g/mol. The van der Waals surface area contributed by atoms with E-state index in [-0.39, 0.29) is 23.4 Å². The molecule has 4 rings (SSSR count). The minimum absolute atomic E-state index is 0.125. The molecule has 10 nitrogen and oxygen atoms in total. The molecule has 1 amide bonds. The van der Waals surface area contributed by atoms with Crippen LogP contribution in [0, 0.1) is 10.1 Å². The van der Waals surface area contributed by atoms with Crippen LogP contribution in [0.5, 0.6) is 11.5 Å². The summed E-state index contributed by atoms with van der Waals surface area (Å²) in [6, 6.07) is 9.06. The number of aliphatic hydroxyl groups excluding tert-OH is 1. The number of ketones is 1. The fourth-order valence-corrected chi connectivity index (χ4v) is 4.00. The van der Waals surface area contributed by atoms with Crippen LogP contribution >= 0.6 is 0 Å². The van der Waals surface area contributed by atoms with Crippen LogP contribution in [0.1, 0.15) is 35.5 Å². The molecular formula is C23H20N2O8. The van der Waals surface area contributed by atoms with E-state index >= 15 is 0 Å². The zero-order chi connectivity index (χ0) is 23.9. The first kappa shape index (κ1) is 21.9. The summed E-state index contributed by atoms with van der Waals surface area (Å²) in [6.45, 7) is 2.00. The van der Waals surface area contributed by atoms with Crippen LogP contribution in [0.4, 0.5) is 5.69 Å². The number of Topliss-reactive ketones (excluding diaryl/α,β-unsaturated/α-hetero) is 1. The number of furan rings is 1. The molecule has 0 saturated heterocycles. The molecule has 0 saturated carbocycles. The van der Waals surface area contributed by atoms with Gasteiger partial charge in [0, 0.05) is 18.0 Å². The number of methoxy groups -OCH3 is 1. The number of ether oxygens (including phenoxy) is 1. The highest BCUT2D eigenvalue weighted by Gasteiger charge is 2.44. The van der Waals surface area contributed by atoms with Crippen molar-refractivity contribution in [3.05, 3.63) is 75.2 Å². The number of carbonyl (C=O) groups is 2. The van der Waals surface area contributed by atoms with Gasteiger partial charge in [0.1, 0.15) is 0 Å². The van der Waals surface area contributed by atoms with E-state index < -0.39 is 39.9 Å². The second kappa shape index (κ2) is 8.30. The zero-order valence-electron chi connectivity index (χ0n) is 17.8. The number of aromatic hydroxyl groups is 1. The van der Waals surface area contributed by atoms with Crippen molar-refractivity contribution in [1.82, 2.24) is 4.90 Å². The van der Waals surface area contributed by atoms with Crippen molar-refractivity contribution in [3.63, 3.8) is 0 Å². The Labute approximate surface area is 187 Å². The van der Waals surface area contributed by atoms with Gasteiger partial charge in [-0.2, -0.15) is 0 Å². The molecule has 0 spiro atoms. The molecule has 2 heterocycles. The van der Waals surface area contributed by atoms with E-state index in [4.69, 9.17) is 9.15 Å². The highest BCUT2D eigenvalue weighted by Crippen LogP contribution is 2.42. The third-order valence-corrected chi connectivity index (χ3v) is 5.48. The maximum absolute atomic E-state index is 13.5. The van der Waals surface area contributed by atoms with Gasteiger partial charge >= 0.3 is 5.69 Å². The summed E-state index contributed by atoms with van der Waals surface area (Å²) in [5.41, 5.74) is -0.313. The molecule has 1 atom stereocenters. The van der Waals surface area contributed by atoms with Gasteiger partial charge in [-0.25, -0.2) is 0 Å². The SMILES string of the molecule is CCCN1C(=O)C(O)=C(C(=O)c2cc3cccc(OC)c3o2)C1c1ccc(O)c([N+](=O)[O-])c1. The van der Waals surface area contributed by atoms with Crippen LogP contribution in [-0.4, -0.2) is 45.4 Å². The van der Waals surface area contributed by atoms with Crippen molar-refractivity contribution in [2.45, 2.75) is 19.4 Å². The third kappa shape index (κ3) is 3.55. The average Bonchev–Trinajstić information content (AvgIpc) is 3.34. The molecule has 0 aliphatic carbocycles. The number of nitrogens with zero attached hydrogens (tertiary/aromatic N) is 2. The lowest BCUT2D eigenvalue weighted by Gasteiger charge is -2.26. The summed E-state index contributed by atoms with van der Waals surface area (Å²) < 4.78 is 11.0. The number of fused-ring (bicyclic) bond motifs is 1. The third-order valence-electron chi connectivity index (χ3n) is 5.48. The highest BCUT2D eigenvalue weighted by molar-refractivity contribution is 6.16. The maximum atomic E-state index is 13.5. The van der Waals surface area contributed by atoms with Crippen LogP contribution in [-0.2, 0) is 4.79 Å². The van der Waals surface area contributed by atoms with Crippen LogP contribution in [0.2, 0.25) is 0 Å². The van der Waals surface area contributed by atoms with Crippen LogP contribution in [0.25, 0.3) is 11.0 Å². The number of hydrogen-bond acceptors (Lipinski definition) is 8. The molecule has 3 aromatic rings. The van der Waals surface area contributed by atoms with Gasteiger partial charge in [0.05, 0.1) is 23.6 Å². The Morgan fingerprint density at radius 2 is 2.00 bits per heavy atom. The lowest BCUT2D eigenvalue weighted by Crippen LogP contribution is -2.31. The molecule has 1 aliphatic heterocycles. The van der Waals surface area contributed by atoms with Crippen LogP contribution in [0.3, 0.4) is 0 Å². The first-order valence-corrected chi connectivity index (χ1v) is 10.1. The fourth-order valence-electron chi connectivity index (χ4n) is 4.00. The molecule has 2 aromatic carbocycles. The normalized spacial score (nSPS) is 16.0. The van der Waals surface area contributed by atoms with E-state index in [1.807, 2.05) is 6.92 Å². The standard InChI is InChI=1S/C23H20N2O8/c1-3-9-24-19(12-7-8-15(26)14(10-12)25(30)31)18(21(28)23(24)29)20(27)17-11-13-5-4-6-16(32-2)22(13)33-17/h4-8,10-11,19,26,28H,3,9H2,1-2H3. The van der Waals surface area contributed by atoms with Crippen LogP contribution in [0.15, 0.2) is 58.2 Å². The van der Waals surface area contributed by atoms with Gasteiger partial charge in [-0.1, -0.05) is 25.1 Å². The Morgan fingerprint density at radius 1 is 1.24 bits per heavy atom. The van der Waals surface area contributed by atoms with Gasteiger partial charge < -0.3 is 24.3 Å². The molecule has 1 aromatic heterocycles. The second-order valence-corrected chi connectivity index (χ2v) is 7.49. The molecule has 0 bridgehead atoms. The molecule has 0 fully saturated rings. The van der Waals surface area contributed by atoms with Crippen molar-refractivity contribution in [3.8, 4) is 11.5 Å². The van der Waals surface area contributed by atoms with Gasteiger partial charge in [0.15, 0.2) is 28.6 Å². The molecule has 2 N–H and O–H groups in total. The number of amides is 1. The number of aliphatic hydroxyl groups is 1. The van der Waals surface area contributed by atoms with E-state index in [2.05, 4.69) is 0 Å². The monoisotopic (exact) mass is 452 g/mol. The van der Waals surface area contributed by atoms with Gasteiger partial charge in [0.25, 0.3) is 5.91 Å².